The molecule has 0 aromatic rings. The summed E-state index contributed by atoms with van der Waals surface area (Å²) >= 11 is 0. The van der Waals surface area contributed by atoms with E-state index in [-0.39, 0.29) is 104 Å². The average molecular weight is 304 g/mol. The molecule has 0 rings (SSSR count). The molecule has 0 amide bonds. The molecule has 0 aliphatic rings. The molecule has 0 atom stereocenters. The van der Waals surface area contributed by atoms with Crippen molar-refractivity contribution < 1.29 is 128 Å². The summed E-state index contributed by atoms with van der Waals surface area (Å²) < 4.78 is 32.8. The molecule has 0 aromatic carbocycles. The second-order valence-corrected chi connectivity index (χ2v) is 1.80. The smallest absolute Gasteiger partial charge is 0.726 e. The summed E-state index contributed by atoms with van der Waals surface area (Å²) in [4.78, 5) is 16.8. The second kappa shape index (κ2) is 22.0. The number of hydrogen-bond acceptors (Lipinski definition) is 8. The van der Waals surface area contributed by atoms with E-state index in [0.29, 0.717) is 0 Å². The molecule has 0 spiro atoms. The van der Waals surface area contributed by atoms with E-state index >= 15 is 0 Å². The Morgan fingerprint density at radius 1 is 1.06 bits per heavy atom. The Bertz CT molecular complexity index is 224. The quantitative estimate of drug-likeness (QED) is 0.246. The maximum atomic E-state index is 8.63. The molecule has 2 N–H and O–H groups in total. The van der Waals surface area contributed by atoms with Gasteiger partial charge in [0.2, 0.25) is 16.6 Å². The van der Waals surface area contributed by atoms with Crippen LogP contribution in [0.25, 0.3) is 0 Å². The normalized spacial score (nSPS) is 6.62. The van der Waals surface area contributed by atoms with Crippen LogP contribution in [0.5, 0.6) is 0 Å². The molecule has 0 aliphatic carbocycles. The van der Waals surface area contributed by atoms with Gasteiger partial charge in [0, 0.05) is 0 Å². The predicted octanol–water partition coefficient (Wildman–Crippen LogP) is -10.9. The van der Waals surface area contributed by atoms with Gasteiger partial charge in [0.15, 0.2) is 0 Å². The van der Waals surface area contributed by atoms with Crippen molar-refractivity contribution in [3.05, 3.63) is 0 Å². The van der Waals surface area contributed by atoms with Gasteiger partial charge >= 0.3 is 104 Å². The van der Waals surface area contributed by atoms with Gasteiger partial charge < -0.3 is 34.6 Å². The summed E-state index contributed by atoms with van der Waals surface area (Å²) in [6.45, 7) is 0. The zero-order chi connectivity index (χ0) is 11.7. The summed E-state index contributed by atoms with van der Waals surface area (Å²) in [5, 5.41) is 32.0. The first-order valence-corrected chi connectivity index (χ1v) is 3.29. The molecule has 80 valence electrons. The van der Waals surface area contributed by atoms with Crippen molar-refractivity contribution in [1.29, 1.82) is 0 Å². The van der Waals surface area contributed by atoms with Crippen LogP contribution in [-0.4, -0.2) is 58.0 Å². The Kier molecular flexibility index (Phi) is 49.7. The molecule has 0 saturated carbocycles. The maximum Gasteiger partial charge on any atom is 2.00 e. The number of rotatable bonds is 0. The van der Waals surface area contributed by atoms with Gasteiger partial charge in [-0.25, -0.2) is 8.42 Å². The minimum atomic E-state index is -4.92. The van der Waals surface area contributed by atoms with Crippen molar-refractivity contribution in [2.24, 2.45) is 0 Å². The van der Waals surface area contributed by atoms with Gasteiger partial charge in [-0.1, -0.05) is 0 Å². The monoisotopic (exact) mass is 304 g/mol. The van der Waals surface area contributed by atoms with Crippen LogP contribution < -0.4 is 96.3 Å². The van der Waals surface area contributed by atoms with E-state index in [2.05, 4.69) is 0 Å². The summed E-state index contributed by atoms with van der Waals surface area (Å²) in [6, 6.07) is 0. The number of carbonyl (C=O) groups excluding carboxylic acids is 1. The first-order chi connectivity index (χ1) is 5.46. The third kappa shape index (κ3) is 1060. The van der Waals surface area contributed by atoms with Crippen molar-refractivity contribution in [2.45, 2.75) is 0 Å². The minimum Gasteiger partial charge on any atom is -0.726 e. The fraction of sp³-hybridized carbons (Fsp3) is 0. The van der Waals surface area contributed by atoms with Gasteiger partial charge in [-0.2, -0.15) is 0 Å². The van der Waals surface area contributed by atoms with Gasteiger partial charge in [0.1, 0.15) is 0 Å². The van der Waals surface area contributed by atoms with Crippen molar-refractivity contribution >= 4 is 45.8 Å². The molecule has 14 heteroatoms. The SMILES string of the molecule is O=C([O-])O.O=C([O-])[O-].O=S(=O)([O-])O.[K+].[Mg+2].[Na+]. The van der Waals surface area contributed by atoms with Crippen LogP contribution in [0.1, 0.15) is 0 Å². The van der Waals surface area contributed by atoms with Crippen LogP contribution in [-0.2, 0) is 10.4 Å². The maximum absolute atomic E-state index is 8.63. The van der Waals surface area contributed by atoms with E-state index in [1.807, 2.05) is 0 Å². The van der Waals surface area contributed by atoms with Crippen molar-refractivity contribution in [2.75, 3.05) is 0 Å². The van der Waals surface area contributed by atoms with Crippen LogP contribution in [0.3, 0.4) is 0 Å². The fourth-order valence-electron chi connectivity index (χ4n) is 0. The van der Waals surface area contributed by atoms with Crippen LogP contribution in [0.2, 0.25) is 0 Å². The minimum absolute atomic E-state index is 0. The average Bonchev–Trinajstić information content (AvgIpc) is 1.50. The fourth-order valence-corrected chi connectivity index (χ4v) is 0. The van der Waals surface area contributed by atoms with E-state index < -0.39 is 22.7 Å². The number of carboxylic acid groups (broad SMARTS) is 4. The zero-order valence-corrected chi connectivity index (χ0v) is 15.6. The van der Waals surface area contributed by atoms with E-state index in [1.54, 1.807) is 0 Å². The van der Waals surface area contributed by atoms with E-state index in [9.17, 15) is 0 Å². The van der Waals surface area contributed by atoms with Gasteiger partial charge in [-0.05, 0) is 6.16 Å². The summed E-state index contributed by atoms with van der Waals surface area (Å²) in [5.41, 5.74) is 0. The molecule has 0 aromatic heterocycles. The molecule has 10 nitrogen and oxygen atoms in total. The third-order valence-corrected chi connectivity index (χ3v) is 0. The second-order valence-electron chi connectivity index (χ2n) is 0.944. The van der Waals surface area contributed by atoms with Crippen LogP contribution in [0, 0.1) is 0 Å². The Labute approximate surface area is 171 Å². The topological polar surface area (TPSA) is 201 Å². The molecular formula is C2H2KMgNaO10S. The third-order valence-electron chi connectivity index (χ3n) is 0. The molecule has 0 fully saturated rings. The van der Waals surface area contributed by atoms with Crippen molar-refractivity contribution in [3.63, 3.8) is 0 Å². The Morgan fingerprint density at radius 3 is 1.06 bits per heavy atom. The van der Waals surface area contributed by atoms with Crippen LogP contribution in [0.4, 0.5) is 9.59 Å². The first-order valence-electron chi connectivity index (χ1n) is 1.93. The zero-order valence-electron chi connectivity index (χ0n) is 8.28. The molecule has 0 bridgehead atoms. The van der Waals surface area contributed by atoms with Gasteiger partial charge in [-0.15, -0.1) is 0 Å². The summed E-state index contributed by atoms with van der Waals surface area (Å²) in [7, 11) is -4.92. The molecule has 0 heterocycles. The molecule has 0 unspecified atom stereocenters. The summed E-state index contributed by atoms with van der Waals surface area (Å²) in [5.74, 6) is 0. The summed E-state index contributed by atoms with van der Waals surface area (Å²) in [6.07, 6.45) is -4.42. The largest absolute Gasteiger partial charge is 2.00 e. The molecule has 16 heavy (non-hydrogen) atoms. The van der Waals surface area contributed by atoms with Crippen LogP contribution >= 0.6 is 0 Å². The number of hydrogen-bond donors (Lipinski definition) is 2. The molecule has 0 aliphatic heterocycles. The first kappa shape index (κ1) is 36.1. The molecule has 0 radical (unpaired) electrons. The molecular weight excluding hydrogens is 302 g/mol. The van der Waals surface area contributed by atoms with Crippen LogP contribution in [0.15, 0.2) is 0 Å². The number of carbonyl (C=O) groups is 2. The van der Waals surface area contributed by atoms with Gasteiger partial charge in [0.25, 0.3) is 0 Å². The van der Waals surface area contributed by atoms with E-state index in [1.165, 1.54) is 0 Å². The van der Waals surface area contributed by atoms with Crippen molar-refractivity contribution in [3.8, 4) is 0 Å². The van der Waals surface area contributed by atoms with Crippen molar-refractivity contribution in [1.82, 2.24) is 0 Å². The Balaban J connectivity index is -0.0000000216. The standard InChI is InChI=1S/2CH2O3.K.Mg.Na.H2O4S/c2*2-1(3)4;;;;1-5(2,3)4/h2*(H2,2,3,4);;;;(H2,1,2,3,4)/q;;+1;+2;+1;/p-4. The van der Waals surface area contributed by atoms with E-state index in [4.69, 9.17) is 47.5 Å². The Morgan fingerprint density at radius 2 is 1.06 bits per heavy atom. The van der Waals surface area contributed by atoms with E-state index in [0.717, 1.165) is 0 Å². The Hall–Kier alpha value is 1.81. The molecule has 0 saturated heterocycles. The van der Waals surface area contributed by atoms with Gasteiger partial charge in [-0.3, -0.25) is 4.55 Å². The van der Waals surface area contributed by atoms with Gasteiger partial charge in [0.05, 0.1) is 0 Å². The predicted molar refractivity (Wildman–Crippen MR) is 31.5 cm³/mol.